The van der Waals surface area contributed by atoms with Crippen molar-refractivity contribution in [1.82, 2.24) is 14.5 Å². The number of hydrogen-bond acceptors (Lipinski definition) is 6. The van der Waals surface area contributed by atoms with Gasteiger partial charge in [0.15, 0.2) is 0 Å². The molecule has 0 amide bonds. The van der Waals surface area contributed by atoms with E-state index in [1.165, 1.54) is 15.9 Å². The summed E-state index contributed by atoms with van der Waals surface area (Å²) in [5, 5.41) is 4.17. The minimum atomic E-state index is -0.332. The molecule has 0 radical (unpaired) electrons. The van der Waals surface area contributed by atoms with Gasteiger partial charge < -0.3 is 14.6 Å². The van der Waals surface area contributed by atoms with E-state index in [0.29, 0.717) is 24.0 Å². The highest BCUT2D eigenvalue weighted by Gasteiger charge is 2.18. The Labute approximate surface area is 160 Å². The van der Waals surface area contributed by atoms with Gasteiger partial charge in [0, 0.05) is 61.8 Å². The third-order valence-corrected chi connectivity index (χ3v) is 5.80. The van der Waals surface area contributed by atoms with E-state index in [4.69, 9.17) is 4.74 Å². The fraction of sp³-hybridized carbons (Fsp3) is 0.368. The van der Waals surface area contributed by atoms with Crippen LogP contribution in [0.25, 0.3) is 10.9 Å². The van der Waals surface area contributed by atoms with Crippen molar-refractivity contribution in [3.05, 3.63) is 55.9 Å². The van der Waals surface area contributed by atoms with Crippen molar-refractivity contribution in [2.75, 3.05) is 44.7 Å². The number of fused-ring (bicyclic) bond motifs is 1. The maximum absolute atomic E-state index is 12.5. The average molecular weight is 386 g/mol. The first-order valence-corrected chi connectivity index (χ1v) is 9.90. The first kappa shape index (κ1) is 17.8. The van der Waals surface area contributed by atoms with Crippen LogP contribution in [-0.4, -0.2) is 54.3 Å². The summed E-state index contributed by atoms with van der Waals surface area (Å²) in [6.07, 6.45) is 0. The zero-order valence-corrected chi connectivity index (χ0v) is 16.0. The monoisotopic (exact) mass is 386 g/mol. The minimum Gasteiger partial charge on any atom is -0.497 e. The number of piperazine rings is 1. The Morgan fingerprint density at radius 2 is 1.93 bits per heavy atom. The molecule has 3 aromatic rings. The molecule has 27 heavy (non-hydrogen) atoms. The number of methoxy groups -OCH3 is 1. The lowest BCUT2D eigenvalue weighted by Crippen LogP contribution is -2.48. The molecule has 1 fully saturated rings. The molecule has 1 aromatic carbocycles. The van der Waals surface area contributed by atoms with Crippen LogP contribution in [-0.2, 0) is 6.54 Å². The Hall–Kier alpha value is -2.58. The van der Waals surface area contributed by atoms with Gasteiger partial charge in [-0.05, 0) is 12.1 Å². The van der Waals surface area contributed by atoms with Gasteiger partial charge in [0.25, 0.3) is 5.56 Å². The molecule has 0 atom stereocenters. The summed E-state index contributed by atoms with van der Waals surface area (Å²) in [6.45, 7) is 4.68. The lowest BCUT2D eigenvalue weighted by atomic mass is 10.2. The third-order valence-electron chi connectivity index (χ3n) is 5.05. The SMILES string of the molecule is COc1cccc(N2CCN(CCn3c(=O)[nH]c4cscc4c3=O)CC2)c1. The number of aromatic amines is 1. The minimum absolute atomic E-state index is 0.204. The topological polar surface area (TPSA) is 70.6 Å². The van der Waals surface area contributed by atoms with E-state index < -0.39 is 0 Å². The molecule has 7 nitrogen and oxygen atoms in total. The van der Waals surface area contributed by atoms with Crippen LogP contribution in [0.4, 0.5) is 5.69 Å². The largest absolute Gasteiger partial charge is 0.497 e. The zero-order chi connectivity index (χ0) is 18.8. The fourth-order valence-corrected chi connectivity index (χ4v) is 4.22. The van der Waals surface area contributed by atoms with Crippen molar-refractivity contribution in [3.8, 4) is 5.75 Å². The Bertz CT molecular complexity index is 1050. The average Bonchev–Trinajstić information content (AvgIpc) is 3.17. The first-order valence-electron chi connectivity index (χ1n) is 8.96. The lowest BCUT2D eigenvalue weighted by Gasteiger charge is -2.36. The summed E-state index contributed by atoms with van der Waals surface area (Å²) in [6, 6.07) is 8.08. The molecule has 0 bridgehead atoms. The van der Waals surface area contributed by atoms with Gasteiger partial charge in [0.05, 0.1) is 18.0 Å². The summed E-state index contributed by atoms with van der Waals surface area (Å²) < 4.78 is 6.61. The molecule has 8 heteroatoms. The maximum atomic E-state index is 12.5. The second kappa shape index (κ2) is 7.58. The molecule has 1 aliphatic rings. The molecule has 1 saturated heterocycles. The maximum Gasteiger partial charge on any atom is 0.328 e. The number of aromatic nitrogens is 2. The molecular formula is C19H22N4O3S. The zero-order valence-electron chi connectivity index (χ0n) is 15.2. The number of ether oxygens (including phenoxy) is 1. The first-order chi connectivity index (χ1) is 13.2. The number of hydrogen-bond donors (Lipinski definition) is 1. The Balaban J connectivity index is 1.39. The highest BCUT2D eigenvalue weighted by atomic mass is 32.1. The van der Waals surface area contributed by atoms with E-state index in [9.17, 15) is 9.59 Å². The van der Waals surface area contributed by atoms with Crippen molar-refractivity contribution >= 4 is 27.9 Å². The van der Waals surface area contributed by atoms with Crippen molar-refractivity contribution in [2.24, 2.45) is 0 Å². The Morgan fingerprint density at radius 3 is 2.70 bits per heavy atom. The predicted molar refractivity (Wildman–Crippen MR) is 108 cm³/mol. The highest BCUT2D eigenvalue weighted by Crippen LogP contribution is 2.22. The van der Waals surface area contributed by atoms with E-state index in [2.05, 4.69) is 20.9 Å². The van der Waals surface area contributed by atoms with Crippen molar-refractivity contribution in [1.29, 1.82) is 0 Å². The van der Waals surface area contributed by atoms with Gasteiger partial charge in [-0.1, -0.05) is 6.07 Å². The second-order valence-corrected chi connectivity index (χ2v) is 7.36. The third kappa shape index (κ3) is 3.63. The summed E-state index contributed by atoms with van der Waals surface area (Å²) in [5.74, 6) is 0.859. The van der Waals surface area contributed by atoms with Crippen LogP contribution in [0.15, 0.2) is 44.6 Å². The van der Waals surface area contributed by atoms with Gasteiger partial charge in [-0.2, -0.15) is 0 Å². The number of anilines is 1. The van der Waals surface area contributed by atoms with E-state index in [-0.39, 0.29) is 11.2 Å². The van der Waals surface area contributed by atoms with Gasteiger partial charge in [0.2, 0.25) is 0 Å². The van der Waals surface area contributed by atoms with Gasteiger partial charge in [-0.25, -0.2) is 4.79 Å². The molecule has 1 N–H and O–H groups in total. The lowest BCUT2D eigenvalue weighted by molar-refractivity contribution is 0.246. The Kier molecular flexibility index (Phi) is 5.00. The van der Waals surface area contributed by atoms with Crippen molar-refractivity contribution < 1.29 is 4.74 Å². The summed E-state index contributed by atoms with van der Waals surface area (Å²) in [4.78, 5) is 32.1. The molecular weight excluding hydrogens is 364 g/mol. The number of H-pyrrole nitrogens is 1. The van der Waals surface area contributed by atoms with Gasteiger partial charge in [-0.3, -0.25) is 14.3 Å². The van der Waals surface area contributed by atoms with E-state index in [0.717, 1.165) is 37.6 Å². The predicted octanol–water partition coefficient (Wildman–Crippen LogP) is 1.58. The van der Waals surface area contributed by atoms with Crippen LogP contribution < -0.4 is 20.9 Å². The van der Waals surface area contributed by atoms with Crippen LogP contribution in [0.5, 0.6) is 5.75 Å². The van der Waals surface area contributed by atoms with E-state index in [1.54, 1.807) is 17.9 Å². The normalized spacial score (nSPS) is 15.4. The van der Waals surface area contributed by atoms with Gasteiger partial charge in [0.1, 0.15) is 5.75 Å². The van der Waals surface area contributed by atoms with Crippen LogP contribution in [0.3, 0.4) is 0 Å². The fourth-order valence-electron chi connectivity index (χ4n) is 3.46. The molecule has 142 valence electrons. The highest BCUT2D eigenvalue weighted by molar-refractivity contribution is 7.09. The van der Waals surface area contributed by atoms with Gasteiger partial charge in [-0.15, -0.1) is 11.3 Å². The quantitative estimate of drug-likeness (QED) is 0.721. The van der Waals surface area contributed by atoms with E-state index >= 15 is 0 Å². The summed E-state index contributed by atoms with van der Waals surface area (Å²) >= 11 is 1.42. The number of nitrogens with zero attached hydrogens (tertiary/aromatic N) is 3. The standard InChI is InChI=1S/C19H22N4O3S/c1-26-15-4-2-3-14(11-15)22-8-5-21(6-9-22)7-10-23-18(24)16-12-27-13-17(16)20-19(23)25/h2-4,11-13H,5-10H2,1H3,(H,20,25). The number of nitrogens with one attached hydrogen (secondary N) is 1. The van der Waals surface area contributed by atoms with Crippen LogP contribution in [0.2, 0.25) is 0 Å². The smallest absolute Gasteiger partial charge is 0.328 e. The summed E-state index contributed by atoms with van der Waals surface area (Å²) in [5.41, 5.74) is 1.24. The molecule has 2 aromatic heterocycles. The molecule has 0 saturated carbocycles. The molecule has 4 rings (SSSR count). The van der Waals surface area contributed by atoms with Gasteiger partial charge >= 0.3 is 5.69 Å². The molecule has 3 heterocycles. The number of rotatable bonds is 5. The number of thiophene rings is 1. The molecule has 0 spiro atoms. The van der Waals surface area contributed by atoms with E-state index in [1.807, 2.05) is 18.2 Å². The summed E-state index contributed by atoms with van der Waals surface area (Å²) in [7, 11) is 1.67. The van der Waals surface area contributed by atoms with Crippen LogP contribution >= 0.6 is 11.3 Å². The number of benzene rings is 1. The second-order valence-electron chi connectivity index (χ2n) is 6.62. The Morgan fingerprint density at radius 1 is 1.11 bits per heavy atom. The molecule has 0 aliphatic carbocycles. The van der Waals surface area contributed by atoms with Crippen molar-refractivity contribution in [2.45, 2.75) is 6.54 Å². The molecule has 1 aliphatic heterocycles. The molecule has 0 unspecified atom stereocenters. The van der Waals surface area contributed by atoms with Crippen LogP contribution in [0.1, 0.15) is 0 Å². The van der Waals surface area contributed by atoms with Crippen LogP contribution in [0, 0.1) is 0 Å². The van der Waals surface area contributed by atoms with Crippen molar-refractivity contribution in [3.63, 3.8) is 0 Å².